The molecule has 1 aromatic heterocycles. The van der Waals surface area contributed by atoms with Crippen molar-refractivity contribution in [3.05, 3.63) is 22.4 Å². The molecule has 0 unspecified atom stereocenters. The van der Waals surface area contributed by atoms with Crippen molar-refractivity contribution in [2.75, 3.05) is 19.6 Å². The molecule has 2 rings (SSSR count). The van der Waals surface area contributed by atoms with Crippen LogP contribution in [0.5, 0.6) is 0 Å². The molecule has 0 aliphatic carbocycles. The Morgan fingerprint density at radius 1 is 1.50 bits per heavy atom. The second-order valence-electron chi connectivity index (χ2n) is 5.55. The zero-order valence-corrected chi connectivity index (χ0v) is 13.3. The Morgan fingerprint density at radius 2 is 2.40 bits per heavy atom. The van der Waals surface area contributed by atoms with E-state index in [1.807, 2.05) is 17.5 Å². The molecule has 3 nitrogen and oxygen atoms in total. The quantitative estimate of drug-likeness (QED) is 0.784. The molecular formula is C16H26N2OS. The van der Waals surface area contributed by atoms with Crippen LogP contribution in [0, 0.1) is 0 Å². The van der Waals surface area contributed by atoms with E-state index in [9.17, 15) is 4.79 Å². The number of amides is 1. The van der Waals surface area contributed by atoms with Gasteiger partial charge in [-0.05, 0) is 43.7 Å². The van der Waals surface area contributed by atoms with Crippen molar-refractivity contribution in [1.82, 2.24) is 10.2 Å². The lowest BCUT2D eigenvalue weighted by Gasteiger charge is -2.35. The van der Waals surface area contributed by atoms with Gasteiger partial charge in [0, 0.05) is 24.0 Å². The van der Waals surface area contributed by atoms with Crippen LogP contribution in [0.15, 0.2) is 17.5 Å². The van der Waals surface area contributed by atoms with Gasteiger partial charge in [-0.3, -0.25) is 4.79 Å². The van der Waals surface area contributed by atoms with E-state index in [0.29, 0.717) is 6.42 Å². The predicted molar refractivity (Wildman–Crippen MR) is 85.2 cm³/mol. The second-order valence-corrected chi connectivity index (χ2v) is 6.59. The molecule has 1 aliphatic heterocycles. The highest BCUT2D eigenvalue weighted by molar-refractivity contribution is 7.10. The van der Waals surface area contributed by atoms with Crippen LogP contribution >= 0.6 is 11.3 Å². The number of nitrogens with zero attached hydrogens (tertiary/aromatic N) is 1. The van der Waals surface area contributed by atoms with Crippen LogP contribution in [0.3, 0.4) is 0 Å². The fraction of sp³-hybridized carbons (Fsp3) is 0.688. The van der Waals surface area contributed by atoms with Gasteiger partial charge in [0.05, 0.1) is 6.42 Å². The van der Waals surface area contributed by atoms with Crippen LogP contribution in [0.1, 0.15) is 43.9 Å². The Morgan fingerprint density at radius 3 is 3.15 bits per heavy atom. The Hall–Kier alpha value is -0.870. The number of rotatable bonds is 7. The fourth-order valence-corrected chi connectivity index (χ4v) is 3.66. The van der Waals surface area contributed by atoms with Crippen molar-refractivity contribution < 1.29 is 4.79 Å². The highest BCUT2D eigenvalue weighted by atomic mass is 32.1. The minimum Gasteiger partial charge on any atom is -0.356 e. The third-order valence-corrected chi connectivity index (χ3v) is 4.96. The molecule has 1 amide bonds. The Kier molecular flexibility index (Phi) is 6.54. The molecule has 0 radical (unpaired) electrons. The van der Waals surface area contributed by atoms with Gasteiger partial charge in [0.25, 0.3) is 0 Å². The number of hydrogen-bond donors (Lipinski definition) is 1. The van der Waals surface area contributed by atoms with Crippen LogP contribution in [-0.4, -0.2) is 36.5 Å². The number of carbonyl (C=O) groups is 1. The Balaban J connectivity index is 1.59. The van der Waals surface area contributed by atoms with Crippen LogP contribution in [0.25, 0.3) is 0 Å². The summed E-state index contributed by atoms with van der Waals surface area (Å²) in [6.07, 6.45) is 6.91. The van der Waals surface area contributed by atoms with E-state index >= 15 is 0 Å². The van der Waals surface area contributed by atoms with Crippen molar-refractivity contribution in [2.45, 2.75) is 51.5 Å². The first-order valence-corrected chi connectivity index (χ1v) is 8.70. The summed E-state index contributed by atoms with van der Waals surface area (Å²) in [6.45, 7) is 5.45. The second kappa shape index (κ2) is 8.42. The lowest BCUT2D eigenvalue weighted by atomic mass is 10.00. The van der Waals surface area contributed by atoms with Crippen molar-refractivity contribution in [1.29, 1.82) is 0 Å². The van der Waals surface area contributed by atoms with Crippen LogP contribution in [0.4, 0.5) is 0 Å². The van der Waals surface area contributed by atoms with Gasteiger partial charge in [0.15, 0.2) is 0 Å². The number of thiophene rings is 1. The molecule has 20 heavy (non-hydrogen) atoms. The molecule has 1 atom stereocenters. The number of piperidine rings is 1. The molecule has 4 heteroatoms. The standard InChI is InChI=1S/C16H26N2OS/c1-2-14-7-3-4-10-18(14)11-6-9-17-16(19)13-15-8-5-12-20-15/h5,8,12,14H,2-4,6-7,9-11,13H2,1H3,(H,17,19)/t14-/m1/s1. The first-order chi connectivity index (χ1) is 9.79. The summed E-state index contributed by atoms with van der Waals surface area (Å²) in [5.41, 5.74) is 0. The molecule has 1 saturated heterocycles. The van der Waals surface area contributed by atoms with E-state index in [1.165, 1.54) is 32.2 Å². The Labute approximate surface area is 126 Å². The van der Waals surface area contributed by atoms with Gasteiger partial charge in [-0.1, -0.05) is 19.4 Å². The van der Waals surface area contributed by atoms with Gasteiger partial charge in [0.1, 0.15) is 0 Å². The van der Waals surface area contributed by atoms with Crippen LogP contribution < -0.4 is 5.32 Å². The molecular weight excluding hydrogens is 268 g/mol. The van der Waals surface area contributed by atoms with E-state index in [0.717, 1.165) is 30.4 Å². The van der Waals surface area contributed by atoms with Gasteiger partial charge >= 0.3 is 0 Å². The average Bonchev–Trinajstić information content (AvgIpc) is 2.97. The number of hydrogen-bond acceptors (Lipinski definition) is 3. The topological polar surface area (TPSA) is 32.3 Å². The molecule has 2 heterocycles. The van der Waals surface area contributed by atoms with Gasteiger partial charge in [-0.2, -0.15) is 0 Å². The van der Waals surface area contributed by atoms with E-state index in [-0.39, 0.29) is 5.91 Å². The van der Waals surface area contributed by atoms with Crippen LogP contribution in [-0.2, 0) is 11.2 Å². The number of likely N-dealkylation sites (tertiary alicyclic amines) is 1. The summed E-state index contributed by atoms with van der Waals surface area (Å²) >= 11 is 1.65. The van der Waals surface area contributed by atoms with E-state index in [2.05, 4.69) is 17.1 Å². The highest BCUT2D eigenvalue weighted by Gasteiger charge is 2.19. The highest BCUT2D eigenvalue weighted by Crippen LogP contribution is 2.19. The lowest BCUT2D eigenvalue weighted by Crippen LogP contribution is -2.40. The number of nitrogens with one attached hydrogen (secondary N) is 1. The summed E-state index contributed by atoms with van der Waals surface area (Å²) in [5, 5.41) is 5.05. The van der Waals surface area contributed by atoms with Crippen LogP contribution in [0.2, 0.25) is 0 Å². The monoisotopic (exact) mass is 294 g/mol. The average molecular weight is 294 g/mol. The molecule has 1 fully saturated rings. The van der Waals surface area contributed by atoms with Gasteiger partial charge in [-0.15, -0.1) is 11.3 Å². The van der Waals surface area contributed by atoms with Gasteiger partial charge < -0.3 is 10.2 Å². The SMILES string of the molecule is CC[C@@H]1CCCCN1CCCNC(=O)Cc1cccs1. The zero-order valence-electron chi connectivity index (χ0n) is 12.4. The van der Waals surface area contributed by atoms with Crippen molar-refractivity contribution >= 4 is 17.2 Å². The molecule has 0 spiro atoms. The molecule has 1 aliphatic rings. The minimum atomic E-state index is 0.151. The molecule has 1 aromatic rings. The van der Waals surface area contributed by atoms with Crippen molar-refractivity contribution in [3.63, 3.8) is 0 Å². The smallest absolute Gasteiger partial charge is 0.225 e. The maximum atomic E-state index is 11.8. The van der Waals surface area contributed by atoms with Gasteiger partial charge in [0.2, 0.25) is 5.91 Å². The summed E-state index contributed by atoms with van der Waals surface area (Å²) in [5.74, 6) is 0.151. The normalized spacial score (nSPS) is 19.9. The third kappa shape index (κ3) is 4.91. The molecule has 0 saturated carbocycles. The van der Waals surface area contributed by atoms with Crippen molar-refractivity contribution in [3.8, 4) is 0 Å². The first kappa shape index (κ1) is 15.5. The summed E-state index contributed by atoms with van der Waals surface area (Å²) in [6, 6.07) is 4.78. The van der Waals surface area contributed by atoms with E-state index < -0.39 is 0 Å². The Bertz CT molecular complexity index is 391. The molecule has 1 N–H and O–H groups in total. The maximum absolute atomic E-state index is 11.8. The number of carbonyl (C=O) groups excluding carboxylic acids is 1. The van der Waals surface area contributed by atoms with Crippen molar-refractivity contribution in [2.24, 2.45) is 0 Å². The van der Waals surface area contributed by atoms with E-state index in [4.69, 9.17) is 0 Å². The molecule has 0 bridgehead atoms. The summed E-state index contributed by atoms with van der Waals surface area (Å²) < 4.78 is 0. The largest absolute Gasteiger partial charge is 0.356 e. The fourth-order valence-electron chi connectivity index (χ4n) is 2.96. The maximum Gasteiger partial charge on any atom is 0.225 e. The summed E-state index contributed by atoms with van der Waals surface area (Å²) in [7, 11) is 0. The molecule has 0 aromatic carbocycles. The zero-order chi connectivity index (χ0) is 14.2. The third-order valence-electron chi connectivity index (χ3n) is 4.08. The lowest BCUT2D eigenvalue weighted by molar-refractivity contribution is -0.120. The summed E-state index contributed by atoms with van der Waals surface area (Å²) in [4.78, 5) is 15.5. The van der Waals surface area contributed by atoms with Gasteiger partial charge in [-0.25, -0.2) is 0 Å². The predicted octanol–water partition coefficient (Wildman–Crippen LogP) is 3.06. The molecule has 112 valence electrons. The minimum absolute atomic E-state index is 0.151. The van der Waals surface area contributed by atoms with E-state index in [1.54, 1.807) is 11.3 Å². The first-order valence-electron chi connectivity index (χ1n) is 7.82.